The van der Waals surface area contributed by atoms with Crippen molar-refractivity contribution in [3.8, 4) is 0 Å². The van der Waals surface area contributed by atoms with Crippen molar-refractivity contribution in [3.05, 3.63) is 70.8 Å². The van der Waals surface area contributed by atoms with Crippen LogP contribution in [0.5, 0.6) is 0 Å². The van der Waals surface area contributed by atoms with Gasteiger partial charge in [-0.3, -0.25) is 0 Å². The Morgan fingerprint density at radius 2 is 1.59 bits per heavy atom. The third kappa shape index (κ3) is 2.80. The lowest BCUT2D eigenvalue weighted by Crippen LogP contribution is -1.96. The number of hydrogen-bond acceptors (Lipinski definition) is 1. The van der Waals surface area contributed by atoms with Gasteiger partial charge in [0.05, 0.1) is 5.66 Å². The van der Waals surface area contributed by atoms with E-state index in [9.17, 15) is 0 Å². The fourth-order valence-corrected chi connectivity index (χ4v) is 3.34. The van der Waals surface area contributed by atoms with Crippen LogP contribution in [0.4, 0.5) is 0 Å². The van der Waals surface area contributed by atoms with Gasteiger partial charge in [0.25, 0.3) is 0 Å². The maximum Gasteiger partial charge on any atom is 0.0614 e. The summed E-state index contributed by atoms with van der Waals surface area (Å²) in [7, 11) is 0.980. The Labute approximate surface area is 110 Å². The van der Waals surface area contributed by atoms with E-state index in [4.69, 9.17) is 11.8 Å². The van der Waals surface area contributed by atoms with Gasteiger partial charge in [-0.05, 0) is 37.9 Å². The van der Waals surface area contributed by atoms with Gasteiger partial charge < -0.3 is 0 Å². The molecule has 1 atom stereocenters. The molecule has 0 aliphatic rings. The molecule has 0 heterocycles. The lowest BCUT2D eigenvalue weighted by molar-refractivity contribution is 1.12. The summed E-state index contributed by atoms with van der Waals surface area (Å²) in [6.45, 7) is 4.26. The largest absolute Gasteiger partial charge is 0.0620 e. The first kappa shape index (κ1) is 12.4. The zero-order valence-corrected chi connectivity index (χ0v) is 11.8. The second-order valence-corrected chi connectivity index (χ2v) is 5.63. The Bertz CT molecular complexity index is 517. The molecule has 2 aromatic rings. The van der Waals surface area contributed by atoms with Gasteiger partial charge in [-0.1, -0.05) is 65.9 Å². The minimum absolute atomic E-state index is 0.312. The van der Waals surface area contributed by atoms with E-state index in [0.29, 0.717) is 5.66 Å². The molecule has 0 saturated carbocycles. The van der Waals surface area contributed by atoms with E-state index in [1.54, 1.807) is 0 Å². The van der Waals surface area contributed by atoms with Crippen LogP contribution in [0.15, 0.2) is 48.5 Å². The highest BCUT2D eigenvalue weighted by Crippen LogP contribution is 2.36. The molecular formula is C15H15PS. The molecule has 0 saturated heterocycles. The first-order valence-electron chi connectivity index (χ1n) is 5.67. The first-order valence-corrected chi connectivity index (χ1v) is 7.64. The van der Waals surface area contributed by atoms with Gasteiger partial charge in [0, 0.05) is 0 Å². The molecular weight excluding hydrogens is 243 g/mol. The van der Waals surface area contributed by atoms with E-state index < -0.39 is 0 Å². The summed E-state index contributed by atoms with van der Waals surface area (Å²) in [5.41, 5.74) is 5.56. The maximum atomic E-state index is 5.30. The minimum Gasteiger partial charge on any atom is -0.0620 e. The van der Waals surface area contributed by atoms with Gasteiger partial charge in [-0.2, -0.15) is 0 Å². The normalized spacial score (nSPS) is 12.6. The molecule has 0 bridgehead atoms. The fraction of sp³-hybridized carbons (Fsp3) is 0.200. The van der Waals surface area contributed by atoms with E-state index in [-0.39, 0.29) is 0 Å². The molecule has 17 heavy (non-hydrogen) atoms. The van der Waals surface area contributed by atoms with Crippen molar-refractivity contribution in [3.63, 3.8) is 0 Å². The van der Waals surface area contributed by atoms with Gasteiger partial charge in [0.2, 0.25) is 0 Å². The Kier molecular flexibility index (Phi) is 4.04. The predicted molar refractivity (Wildman–Crippen MR) is 78.5 cm³/mol. The lowest BCUT2D eigenvalue weighted by atomic mass is 9.99. The molecule has 2 rings (SSSR count). The number of benzene rings is 2. The summed E-state index contributed by atoms with van der Waals surface area (Å²) in [4.78, 5) is 0. The standard InChI is InChI=1S/C15H15PS/c1-11-7-9-13(10-8-11)15(16-17)14-6-4-3-5-12(14)2/h3-10,15H,1-2H3. The van der Waals surface area contributed by atoms with Crippen LogP contribution in [0, 0.1) is 13.8 Å². The lowest BCUT2D eigenvalue weighted by Gasteiger charge is -2.14. The Morgan fingerprint density at radius 1 is 0.941 bits per heavy atom. The van der Waals surface area contributed by atoms with E-state index in [1.165, 1.54) is 22.3 Å². The van der Waals surface area contributed by atoms with Crippen molar-refractivity contribution in [2.24, 2.45) is 0 Å². The summed E-state index contributed by atoms with van der Waals surface area (Å²) in [6, 6.07) is 17.2. The average Bonchev–Trinajstić information content (AvgIpc) is 2.35. The smallest absolute Gasteiger partial charge is 0.0614 e. The molecule has 0 nitrogen and oxygen atoms in total. The zero-order valence-electron chi connectivity index (χ0n) is 10.1. The van der Waals surface area contributed by atoms with Crippen LogP contribution in [0.3, 0.4) is 0 Å². The van der Waals surface area contributed by atoms with Crippen LogP contribution >= 0.6 is 7.36 Å². The van der Waals surface area contributed by atoms with Crippen LogP contribution in [-0.2, 0) is 11.8 Å². The Hall–Kier alpha value is -1.04. The Balaban J connectivity index is 2.44. The van der Waals surface area contributed by atoms with Crippen LogP contribution in [0.1, 0.15) is 27.9 Å². The minimum atomic E-state index is 0.312. The van der Waals surface area contributed by atoms with Crippen molar-refractivity contribution in [1.29, 1.82) is 0 Å². The summed E-state index contributed by atoms with van der Waals surface area (Å²) < 4.78 is 0. The van der Waals surface area contributed by atoms with Gasteiger partial charge in [-0.15, -0.1) is 0 Å². The topological polar surface area (TPSA) is 0 Å². The highest BCUT2D eigenvalue weighted by Gasteiger charge is 2.13. The van der Waals surface area contributed by atoms with Gasteiger partial charge in [0.15, 0.2) is 0 Å². The van der Waals surface area contributed by atoms with Crippen LogP contribution < -0.4 is 0 Å². The summed E-state index contributed by atoms with van der Waals surface area (Å²) in [5, 5.41) is 0. The zero-order chi connectivity index (χ0) is 12.3. The second kappa shape index (κ2) is 5.53. The summed E-state index contributed by atoms with van der Waals surface area (Å²) >= 11 is 5.30. The summed E-state index contributed by atoms with van der Waals surface area (Å²) in [5.74, 6) is 0. The second-order valence-electron chi connectivity index (χ2n) is 4.28. The van der Waals surface area contributed by atoms with Crippen LogP contribution in [0.25, 0.3) is 0 Å². The van der Waals surface area contributed by atoms with E-state index in [1.807, 2.05) is 0 Å². The molecule has 0 aliphatic carbocycles. The Morgan fingerprint density at radius 3 is 2.18 bits per heavy atom. The van der Waals surface area contributed by atoms with Gasteiger partial charge in [0.1, 0.15) is 0 Å². The fourth-order valence-electron chi connectivity index (χ4n) is 1.94. The molecule has 0 radical (unpaired) electrons. The van der Waals surface area contributed by atoms with E-state index >= 15 is 0 Å². The summed E-state index contributed by atoms with van der Waals surface area (Å²) in [6.07, 6.45) is 0. The third-order valence-corrected chi connectivity index (χ3v) is 4.40. The first-order chi connectivity index (χ1) is 8.22. The van der Waals surface area contributed by atoms with Crippen molar-refractivity contribution in [2.45, 2.75) is 19.5 Å². The molecule has 1 unspecified atom stereocenters. The van der Waals surface area contributed by atoms with E-state index in [2.05, 4.69) is 62.4 Å². The van der Waals surface area contributed by atoms with Gasteiger partial charge >= 0.3 is 0 Å². The molecule has 0 aromatic heterocycles. The quantitative estimate of drug-likeness (QED) is 0.712. The number of rotatable bonds is 3. The molecule has 0 fully saturated rings. The van der Waals surface area contributed by atoms with Crippen molar-refractivity contribution >= 4 is 19.2 Å². The molecule has 0 aliphatic heterocycles. The molecule has 0 spiro atoms. The molecule has 0 N–H and O–H groups in total. The predicted octanol–water partition coefficient (Wildman–Crippen LogP) is 4.80. The maximum absolute atomic E-state index is 5.30. The molecule has 0 amide bonds. The molecule has 2 aromatic carbocycles. The van der Waals surface area contributed by atoms with E-state index in [0.717, 1.165) is 7.36 Å². The van der Waals surface area contributed by atoms with Crippen LogP contribution in [-0.4, -0.2) is 0 Å². The third-order valence-electron chi connectivity index (χ3n) is 2.98. The van der Waals surface area contributed by atoms with Crippen molar-refractivity contribution in [2.75, 3.05) is 0 Å². The SMILES string of the molecule is Cc1ccc(C(P=S)c2ccccc2C)cc1. The average molecular weight is 258 g/mol. The number of hydrogen-bond donors (Lipinski definition) is 0. The highest BCUT2D eigenvalue weighted by molar-refractivity contribution is 7.96. The monoisotopic (exact) mass is 258 g/mol. The van der Waals surface area contributed by atoms with Crippen molar-refractivity contribution in [1.82, 2.24) is 0 Å². The van der Waals surface area contributed by atoms with Crippen LogP contribution in [0.2, 0.25) is 0 Å². The van der Waals surface area contributed by atoms with Gasteiger partial charge in [-0.25, -0.2) is 0 Å². The molecule has 2 heteroatoms. The van der Waals surface area contributed by atoms with Crippen molar-refractivity contribution < 1.29 is 0 Å². The molecule has 86 valence electrons. The highest BCUT2D eigenvalue weighted by atomic mass is 32.4. The number of aryl methyl sites for hydroxylation is 2.